The standard InChI is InChI=1S/C17H17FN2O2S/c1-21-7-8-23-17-13-5-6-20-15(13)10-14(18)16(17)22-12-4-2-3-11(19)9-12/h2-6,9-10,20H,7-8,19H2,1H3. The van der Waals surface area contributed by atoms with Crippen molar-refractivity contribution in [2.24, 2.45) is 0 Å². The Bertz CT molecular complexity index is 819. The van der Waals surface area contributed by atoms with Crippen molar-refractivity contribution in [2.45, 2.75) is 4.90 Å². The molecule has 2 aromatic carbocycles. The lowest BCUT2D eigenvalue weighted by Gasteiger charge is -2.13. The van der Waals surface area contributed by atoms with E-state index in [1.807, 2.05) is 6.07 Å². The van der Waals surface area contributed by atoms with Gasteiger partial charge in [-0.1, -0.05) is 6.07 Å². The summed E-state index contributed by atoms with van der Waals surface area (Å²) < 4.78 is 25.4. The lowest BCUT2D eigenvalue weighted by Crippen LogP contribution is -1.96. The predicted octanol–water partition coefficient (Wildman–Crippen LogP) is 4.42. The van der Waals surface area contributed by atoms with E-state index in [4.69, 9.17) is 15.2 Å². The Hall–Kier alpha value is -2.18. The van der Waals surface area contributed by atoms with Crippen LogP contribution in [-0.4, -0.2) is 24.5 Å². The Labute approximate surface area is 137 Å². The molecule has 0 saturated heterocycles. The third-order valence-corrected chi connectivity index (χ3v) is 4.39. The van der Waals surface area contributed by atoms with E-state index in [1.54, 1.807) is 37.6 Å². The summed E-state index contributed by atoms with van der Waals surface area (Å²) >= 11 is 1.50. The minimum absolute atomic E-state index is 0.212. The predicted molar refractivity (Wildman–Crippen MR) is 91.8 cm³/mol. The SMILES string of the molecule is COCCSc1c(Oc2cccc(N)c2)c(F)cc2[nH]ccc12. The highest BCUT2D eigenvalue weighted by atomic mass is 32.2. The van der Waals surface area contributed by atoms with E-state index in [0.717, 1.165) is 15.8 Å². The van der Waals surface area contributed by atoms with Crippen LogP contribution < -0.4 is 10.5 Å². The van der Waals surface area contributed by atoms with E-state index in [-0.39, 0.29) is 5.75 Å². The lowest BCUT2D eigenvalue weighted by atomic mass is 10.2. The summed E-state index contributed by atoms with van der Waals surface area (Å²) in [4.78, 5) is 3.78. The molecule has 0 spiro atoms. The zero-order chi connectivity index (χ0) is 16.2. The minimum atomic E-state index is -0.415. The van der Waals surface area contributed by atoms with Gasteiger partial charge in [-0.2, -0.15) is 0 Å². The monoisotopic (exact) mass is 332 g/mol. The molecule has 1 heterocycles. The Morgan fingerprint density at radius 3 is 2.91 bits per heavy atom. The number of hydrogen-bond acceptors (Lipinski definition) is 4. The van der Waals surface area contributed by atoms with Crippen LogP contribution in [0.15, 0.2) is 47.5 Å². The van der Waals surface area contributed by atoms with Crippen molar-refractivity contribution >= 4 is 28.4 Å². The smallest absolute Gasteiger partial charge is 0.177 e. The normalized spacial score (nSPS) is 11.0. The van der Waals surface area contributed by atoms with E-state index in [2.05, 4.69) is 4.98 Å². The summed E-state index contributed by atoms with van der Waals surface area (Å²) in [7, 11) is 1.64. The molecule has 3 aromatic rings. The van der Waals surface area contributed by atoms with Gasteiger partial charge in [-0.15, -0.1) is 11.8 Å². The first-order chi connectivity index (χ1) is 11.2. The van der Waals surface area contributed by atoms with Gasteiger partial charge in [0, 0.05) is 47.8 Å². The number of nitrogens with two attached hydrogens (primary N) is 1. The number of nitrogens with one attached hydrogen (secondary N) is 1. The van der Waals surface area contributed by atoms with Crippen molar-refractivity contribution in [1.82, 2.24) is 4.98 Å². The van der Waals surface area contributed by atoms with Crippen LogP contribution in [0.25, 0.3) is 10.9 Å². The molecule has 0 amide bonds. The van der Waals surface area contributed by atoms with Gasteiger partial charge in [-0.25, -0.2) is 4.39 Å². The van der Waals surface area contributed by atoms with Crippen LogP contribution in [-0.2, 0) is 4.74 Å². The van der Waals surface area contributed by atoms with Gasteiger partial charge in [-0.3, -0.25) is 0 Å². The summed E-state index contributed by atoms with van der Waals surface area (Å²) in [6.45, 7) is 0.574. The van der Waals surface area contributed by atoms with Crippen LogP contribution in [0.2, 0.25) is 0 Å². The number of methoxy groups -OCH3 is 1. The van der Waals surface area contributed by atoms with Gasteiger partial charge in [0.15, 0.2) is 11.6 Å². The number of aromatic amines is 1. The summed E-state index contributed by atoms with van der Waals surface area (Å²) in [5.41, 5.74) is 7.07. The fourth-order valence-corrected chi connectivity index (χ4v) is 3.34. The maximum Gasteiger partial charge on any atom is 0.177 e. The first kappa shape index (κ1) is 15.7. The van der Waals surface area contributed by atoms with Gasteiger partial charge in [0.25, 0.3) is 0 Å². The molecule has 1 aromatic heterocycles. The molecule has 0 unspecified atom stereocenters. The van der Waals surface area contributed by atoms with Gasteiger partial charge in [0.05, 0.1) is 11.5 Å². The third-order valence-electron chi connectivity index (χ3n) is 3.33. The van der Waals surface area contributed by atoms with Crippen LogP contribution in [0, 0.1) is 5.82 Å². The Morgan fingerprint density at radius 2 is 2.13 bits per heavy atom. The van der Waals surface area contributed by atoms with Crippen LogP contribution in [0.1, 0.15) is 0 Å². The van der Waals surface area contributed by atoms with Crippen molar-refractivity contribution in [1.29, 1.82) is 0 Å². The second-order valence-electron chi connectivity index (χ2n) is 4.97. The number of benzene rings is 2. The minimum Gasteiger partial charge on any atom is -0.453 e. The fourth-order valence-electron chi connectivity index (χ4n) is 2.28. The van der Waals surface area contributed by atoms with Crippen LogP contribution in [0.5, 0.6) is 11.5 Å². The maximum atomic E-state index is 14.5. The third kappa shape index (κ3) is 3.43. The molecule has 4 nitrogen and oxygen atoms in total. The molecule has 0 atom stereocenters. The number of aromatic nitrogens is 1. The second kappa shape index (κ2) is 6.93. The molecule has 0 aliphatic rings. The quantitative estimate of drug-likeness (QED) is 0.398. The first-order valence-corrected chi connectivity index (χ1v) is 8.12. The molecule has 0 fully saturated rings. The number of anilines is 1. The molecule has 0 aliphatic carbocycles. The fraction of sp³-hybridized carbons (Fsp3) is 0.176. The van der Waals surface area contributed by atoms with Crippen molar-refractivity contribution in [3.05, 3.63) is 48.4 Å². The van der Waals surface area contributed by atoms with Crippen molar-refractivity contribution in [3.63, 3.8) is 0 Å². The summed E-state index contributed by atoms with van der Waals surface area (Å²) in [5, 5.41) is 0.923. The van der Waals surface area contributed by atoms with E-state index in [9.17, 15) is 4.39 Å². The number of ether oxygens (including phenoxy) is 2. The van der Waals surface area contributed by atoms with Crippen molar-refractivity contribution in [2.75, 3.05) is 25.2 Å². The number of halogens is 1. The highest BCUT2D eigenvalue weighted by molar-refractivity contribution is 7.99. The average molecular weight is 332 g/mol. The topological polar surface area (TPSA) is 60.3 Å². The Morgan fingerprint density at radius 1 is 1.26 bits per heavy atom. The number of nitrogen functional groups attached to an aromatic ring is 1. The van der Waals surface area contributed by atoms with E-state index in [1.165, 1.54) is 17.8 Å². The summed E-state index contributed by atoms with van der Waals surface area (Å²) in [6.07, 6.45) is 1.79. The number of H-pyrrole nitrogens is 1. The molecule has 6 heteroatoms. The molecule has 0 saturated carbocycles. The van der Waals surface area contributed by atoms with E-state index in [0.29, 0.717) is 23.8 Å². The highest BCUT2D eigenvalue weighted by Gasteiger charge is 2.17. The highest BCUT2D eigenvalue weighted by Crippen LogP contribution is 2.40. The van der Waals surface area contributed by atoms with E-state index < -0.39 is 5.82 Å². The molecule has 23 heavy (non-hydrogen) atoms. The van der Waals surface area contributed by atoms with Crippen LogP contribution in [0.4, 0.5) is 10.1 Å². The van der Waals surface area contributed by atoms with Crippen LogP contribution in [0.3, 0.4) is 0 Å². The Kier molecular flexibility index (Phi) is 4.73. The maximum absolute atomic E-state index is 14.5. The molecular formula is C17H17FN2O2S. The van der Waals surface area contributed by atoms with Gasteiger partial charge in [0.2, 0.25) is 0 Å². The van der Waals surface area contributed by atoms with Gasteiger partial charge in [-0.05, 0) is 18.2 Å². The zero-order valence-electron chi connectivity index (χ0n) is 12.6. The van der Waals surface area contributed by atoms with Crippen molar-refractivity contribution in [3.8, 4) is 11.5 Å². The van der Waals surface area contributed by atoms with E-state index >= 15 is 0 Å². The first-order valence-electron chi connectivity index (χ1n) is 7.14. The zero-order valence-corrected chi connectivity index (χ0v) is 13.5. The number of fused-ring (bicyclic) bond motifs is 1. The summed E-state index contributed by atoms with van der Waals surface area (Å²) in [6, 6.07) is 10.3. The molecule has 3 N–H and O–H groups in total. The summed E-state index contributed by atoms with van der Waals surface area (Å²) in [5.74, 6) is 1.01. The lowest BCUT2D eigenvalue weighted by molar-refractivity contribution is 0.218. The number of thioether (sulfide) groups is 1. The number of rotatable bonds is 6. The Balaban J connectivity index is 2.02. The van der Waals surface area contributed by atoms with Crippen molar-refractivity contribution < 1.29 is 13.9 Å². The van der Waals surface area contributed by atoms with Gasteiger partial charge >= 0.3 is 0 Å². The molecule has 0 bridgehead atoms. The molecule has 120 valence electrons. The van der Waals surface area contributed by atoms with Gasteiger partial charge < -0.3 is 20.2 Å². The number of hydrogen-bond donors (Lipinski definition) is 2. The second-order valence-corrected chi connectivity index (χ2v) is 6.08. The largest absolute Gasteiger partial charge is 0.453 e. The molecule has 0 aliphatic heterocycles. The van der Waals surface area contributed by atoms with Crippen LogP contribution >= 0.6 is 11.8 Å². The van der Waals surface area contributed by atoms with Gasteiger partial charge in [0.1, 0.15) is 5.75 Å². The molecule has 3 rings (SSSR count). The molecular weight excluding hydrogens is 315 g/mol. The average Bonchev–Trinajstić information content (AvgIpc) is 2.98. The molecule has 0 radical (unpaired) electrons.